The molecule has 0 bridgehead atoms. The molecule has 3 heteroatoms. The molecule has 0 aliphatic carbocycles. The lowest BCUT2D eigenvalue weighted by atomic mass is 10.3. The molecule has 40 valence electrons. The van der Waals surface area contributed by atoms with Crippen molar-refractivity contribution in [3.63, 3.8) is 0 Å². The Kier molecular flexibility index (Phi) is 2.06. The van der Waals surface area contributed by atoms with Crippen LogP contribution >= 0.6 is 11.9 Å². The monoisotopic (exact) mass is 134 g/mol. The van der Waals surface area contributed by atoms with Gasteiger partial charge in [-0.25, -0.2) is 0 Å². The summed E-state index contributed by atoms with van der Waals surface area (Å²) >= 11 is 6.65. The Hall–Kier alpha value is 0.370. The van der Waals surface area contributed by atoms with Crippen LogP contribution in [0.15, 0.2) is 0 Å². The second kappa shape index (κ2) is 2.62. The summed E-state index contributed by atoms with van der Waals surface area (Å²) in [5.41, 5.74) is 0. The van der Waals surface area contributed by atoms with Gasteiger partial charge < -0.3 is 0 Å². The quantitative estimate of drug-likeness (QED) is 0.361. The van der Waals surface area contributed by atoms with Crippen molar-refractivity contribution in [1.29, 1.82) is 0 Å². The maximum atomic E-state index is 4.89. The van der Waals surface area contributed by atoms with Gasteiger partial charge in [-0.2, -0.15) is 0 Å². The van der Waals surface area contributed by atoms with Gasteiger partial charge in [0.1, 0.15) is 0 Å². The zero-order chi connectivity index (χ0) is 5.11. The number of rotatable bonds is 0. The van der Waals surface area contributed by atoms with E-state index in [-0.39, 0.29) is 0 Å². The van der Waals surface area contributed by atoms with Crippen molar-refractivity contribution in [3.05, 3.63) is 0 Å². The van der Waals surface area contributed by atoms with Crippen LogP contribution in [0.1, 0.15) is 12.8 Å². The molecule has 0 spiro atoms. The molecule has 0 unspecified atom stereocenters. The van der Waals surface area contributed by atoms with Gasteiger partial charge in [-0.05, 0) is 6.42 Å². The molecule has 0 amide bonds. The minimum Gasteiger partial charge on any atom is -0.0858 e. The van der Waals surface area contributed by atoms with E-state index in [1.54, 1.807) is 11.9 Å². The van der Waals surface area contributed by atoms with Crippen molar-refractivity contribution < 1.29 is 3.35 Å². The maximum Gasteiger partial charge on any atom is 0.279 e. The first kappa shape index (κ1) is 5.51. The summed E-state index contributed by atoms with van der Waals surface area (Å²) in [6, 6.07) is 0. The van der Waals surface area contributed by atoms with Gasteiger partial charge >= 0.3 is 0 Å². The average molecular weight is 134 g/mol. The lowest BCUT2D eigenvalue weighted by Gasteiger charge is -2.00. The molecule has 1 saturated heterocycles. The van der Waals surface area contributed by atoms with Crippen LogP contribution in [0.2, 0.25) is 0 Å². The predicted octanol–water partition coefficient (Wildman–Crippen LogP) is 1.17. The van der Waals surface area contributed by atoms with E-state index in [0.29, 0.717) is 0 Å². The number of hydrogen-bond donors (Lipinski definition) is 0. The van der Waals surface area contributed by atoms with Crippen molar-refractivity contribution >= 4 is 24.4 Å². The van der Waals surface area contributed by atoms with Crippen LogP contribution < -0.4 is 0 Å². The van der Waals surface area contributed by atoms with Gasteiger partial charge in [0, 0.05) is 6.42 Å². The largest absolute Gasteiger partial charge is 0.279 e. The highest BCUT2D eigenvalue weighted by atomic mass is 32.2. The summed E-state index contributed by atoms with van der Waals surface area (Å²) in [7, 11) is 0. The van der Waals surface area contributed by atoms with Crippen molar-refractivity contribution in [2.75, 3.05) is 12.3 Å². The molecular formula is C4H8NS2+. The molecule has 1 fully saturated rings. The fourth-order valence-electron chi connectivity index (χ4n) is 0.574. The van der Waals surface area contributed by atoms with E-state index in [2.05, 4.69) is 0 Å². The molecule has 1 heterocycles. The SMILES string of the molecule is S=[N+]1CCCCS1. The molecule has 0 atom stereocenters. The normalized spacial score (nSPS) is 22.6. The molecule has 0 N–H and O–H groups in total. The average Bonchev–Trinajstić information content (AvgIpc) is 1.69. The van der Waals surface area contributed by atoms with E-state index >= 15 is 0 Å². The first-order valence-electron chi connectivity index (χ1n) is 2.47. The molecule has 1 aliphatic heterocycles. The molecule has 0 saturated carbocycles. The molecule has 1 aliphatic rings. The Bertz CT molecular complexity index is 73.8. The van der Waals surface area contributed by atoms with Gasteiger partial charge in [0.15, 0.2) is 18.5 Å². The van der Waals surface area contributed by atoms with Crippen LogP contribution in [0.5, 0.6) is 0 Å². The zero-order valence-electron chi connectivity index (χ0n) is 4.09. The summed E-state index contributed by atoms with van der Waals surface area (Å²) < 4.78 is 1.89. The Morgan fingerprint density at radius 2 is 2.29 bits per heavy atom. The fourth-order valence-corrected chi connectivity index (χ4v) is 1.72. The van der Waals surface area contributed by atoms with Gasteiger partial charge in [0.2, 0.25) is 0 Å². The molecule has 1 nitrogen and oxygen atoms in total. The highest BCUT2D eigenvalue weighted by Gasteiger charge is 2.11. The third kappa shape index (κ3) is 1.74. The van der Waals surface area contributed by atoms with Crippen LogP contribution in [0.25, 0.3) is 0 Å². The topological polar surface area (TPSA) is 3.01 Å². The van der Waals surface area contributed by atoms with Crippen molar-refractivity contribution in [3.8, 4) is 0 Å². The molecular weight excluding hydrogens is 126 g/mol. The molecule has 0 aromatic rings. The van der Waals surface area contributed by atoms with Crippen molar-refractivity contribution in [2.24, 2.45) is 0 Å². The second-order valence-corrected chi connectivity index (χ2v) is 3.38. The molecule has 0 aromatic heterocycles. The highest BCUT2D eigenvalue weighted by molar-refractivity contribution is 7.94. The van der Waals surface area contributed by atoms with E-state index in [4.69, 9.17) is 12.4 Å². The third-order valence-electron chi connectivity index (χ3n) is 0.970. The van der Waals surface area contributed by atoms with Crippen molar-refractivity contribution in [1.82, 2.24) is 0 Å². The summed E-state index contributed by atoms with van der Waals surface area (Å²) in [5.74, 6) is 1.23. The van der Waals surface area contributed by atoms with Gasteiger partial charge in [-0.3, -0.25) is 0 Å². The van der Waals surface area contributed by atoms with Gasteiger partial charge in [-0.1, -0.05) is 3.35 Å². The van der Waals surface area contributed by atoms with Gasteiger partial charge in [-0.15, -0.1) is 0 Å². The molecule has 1 rings (SSSR count). The minimum atomic E-state index is 1.10. The lowest BCUT2D eigenvalue weighted by molar-refractivity contribution is -0.319. The lowest BCUT2D eigenvalue weighted by Crippen LogP contribution is -2.07. The molecule has 0 radical (unpaired) electrons. The van der Waals surface area contributed by atoms with E-state index in [0.717, 1.165) is 6.54 Å². The Morgan fingerprint density at radius 3 is 2.57 bits per heavy atom. The van der Waals surface area contributed by atoms with Crippen LogP contribution in [0.3, 0.4) is 0 Å². The summed E-state index contributed by atoms with van der Waals surface area (Å²) in [5, 5.41) is 0. The van der Waals surface area contributed by atoms with Crippen LogP contribution in [0, 0.1) is 0 Å². The maximum absolute atomic E-state index is 4.89. The zero-order valence-corrected chi connectivity index (χ0v) is 5.73. The second-order valence-electron chi connectivity index (χ2n) is 1.60. The van der Waals surface area contributed by atoms with Crippen molar-refractivity contribution in [2.45, 2.75) is 12.8 Å². The van der Waals surface area contributed by atoms with Gasteiger partial charge in [0.25, 0.3) is 12.4 Å². The summed E-state index contributed by atoms with van der Waals surface area (Å²) in [6.45, 7) is 1.10. The van der Waals surface area contributed by atoms with Gasteiger partial charge in [0.05, 0.1) is 5.75 Å². The fraction of sp³-hybridized carbons (Fsp3) is 1.00. The van der Waals surface area contributed by atoms with E-state index in [9.17, 15) is 0 Å². The van der Waals surface area contributed by atoms with E-state index < -0.39 is 0 Å². The first-order chi connectivity index (χ1) is 3.39. The van der Waals surface area contributed by atoms with Crippen LogP contribution in [-0.2, 0) is 12.4 Å². The van der Waals surface area contributed by atoms with E-state index in [1.165, 1.54) is 18.6 Å². The summed E-state index contributed by atoms with van der Waals surface area (Å²) in [4.78, 5) is 0. The number of nitrogens with zero attached hydrogens (tertiary/aromatic N) is 1. The highest BCUT2D eigenvalue weighted by Crippen LogP contribution is 2.12. The van der Waals surface area contributed by atoms with Crippen LogP contribution in [0.4, 0.5) is 0 Å². The standard InChI is InChI=1S/C4H8NS2/c6-5-3-1-2-4-7-5/h1-4H2/q+1. The Labute approximate surface area is 53.4 Å². The first-order valence-corrected chi connectivity index (χ1v) is 3.78. The molecule has 7 heavy (non-hydrogen) atoms. The number of hydrogen-bond acceptors (Lipinski definition) is 2. The van der Waals surface area contributed by atoms with E-state index in [1.807, 2.05) is 3.35 Å². The van der Waals surface area contributed by atoms with Crippen LogP contribution in [-0.4, -0.2) is 15.6 Å². The smallest absolute Gasteiger partial charge is 0.0858 e. The Morgan fingerprint density at radius 1 is 1.43 bits per heavy atom. The Balaban J connectivity index is 2.25. The predicted molar refractivity (Wildman–Crippen MR) is 34.2 cm³/mol. The summed E-state index contributed by atoms with van der Waals surface area (Å²) in [6.07, 6.45) is 2.63. The minimum absolute atomic E-state index is 1.10. The third-order valence-corrected chi connectivity index (χ3v) is 2.41. The molecule has 0 aromatic carbocycles.